The minimum Gasteiger partial charge on any atom is -0.296 e. The molecule has 2 aromatic heterocycles. The van der Waals surface area contributed by atoms with E-state index in [1.807, 2.05) is 32.0 Å². The van der Waals surface area contributed by atoms with Gasteiger partial charge in [0.05, 0.1) is 0 Å². The first kappa shape index (κ1) is 13.9. The lowest BCUT2D eigenvalue weighted by Gasteiger charge is -2.11. The molecule has 4 nitrogen and oxygen atoms in total. The van der Waals surface area contributed by atoms with Crippen molar-refractivity contribution in [3.05, 3.63) is 50.7 Å². The molecule has 5 heteroatoms. The molecule has 0 radical (unpaired) electrons. The van der Waals surface area contributed by atoms with E-state index < -0.39 is 0 Å². The molecule has 0 atom stereocenters. The predicted octanol–water partition coefficient (Wildman–Crippen LogP) is 2.94. The van der Waals surface area contributed by atoms with Crippen LogP contribution in [0.25, 0.3) is 20.3 Å². The molecule has 3 rings (SSSR count). The van der Waals surface area contributed by atoms with Crippen LogP contribution in [0.2, 0.25) is 0 Å². The maximum Gasteiger partial charge on any atom is 0.266 e. The number of fused-ring (bicyclic) bond motifs is 2. The third kappa shape index (κ3) is 2.17. The molecule has 21 heavy (non-hydrogen) atoms. The van der Waals surface area contributed by atoms with Crippen molar-refractivity contribution >= 4 is 31.6 Å². The van der Waals surface area contributed by atoms with Crippen molar-refractivity contribution in [1.82, 2.24) is 9.55 Å². The van der Waals surface area contributed by atoms with E-state index in [2.05, 4.69) is 4.98 Å². The molecule has 1 aromatic carbocycles. The number of rotatable bonds is 3. The minimum atomic E-state index is -0.204. The van der Waals surface area contributed by atoms with Gasteiger partial charge in [0, 0.05) is 23.1 Å². The normalized spacial score (nSPS) is 11.3. The Hall–Kier alpha value is -2.01. The summed E-state index contributed by atoms with van der Waals surface area (Å²) in [6.07, 6.45) is 1.52. The number of aryl methyl sites for hydroxylation is 1. The zero-order valence-electron chi connectivity index (χ0n) is 12.0. The maximum absolute atomic E-state index is 12.7. The van der Waals surface area contributed by atoms with Crippen LogP contribution in [0.3, 0.4) is 0 Å². The van der Waals surface area contributed by atoms with Crippen LogP contribution in [0.5, 0.6) is 0 Å². The van der Waals surface area contributed by atoms with Gasteiger partial charge in [0.1, 0.15) is 16.0 Å². The molecule has 3 aromatic rings. The first-order valence-corrected chi connectivity index (χ1v) is 7.94. The fraction of sp³-hybridized carbons (Fsp3) is 0.312. The summed E-state index contributed by atoms with van der Waals surface area (Å²) in [5.41, 5.74) is -0.407. The Labute approximate surface area is 125 Å². The number of aromatic nitrogens is 2. The third-order valence-electron chi connectivity index (χ3n) is 3.54. The highest BCUT2D eigenvalue weighted by Gasteiger charge is 2.15. The monoisotopic (exact) mass is 300 g/mol. The highest BCUT2D eigenvalue weighted by atomic mass is 32.1. The van der Waals surface area contributed by atoms with Gasteiger partial charge in [-0.05, 0) is 18.6 Å². The number of hydrogen-bond acceptors (Lipinski definition) is 4. The Balaban J connectivity index is 2.52. The van der Waals surface area contributed by atoms with Crippen molar-refractivity contribution in [2.75, 3.05) is 0 Å². The molecule has 108 valence electrons. The molecule has 0 fully saturated rings. The van der Waals surface area contributed by atoms with Crippen LogP contribution in [0, 0.1) is 0 Å². The zero-order valence-corrected chi connectivity index (χ0v) is 12.9. The van der Waals surface area contributed by atoms with E-state index >= 15 is 0 Å². The van der Waals surface area contributed by atoms with Crippen molar-refractivity contribution in [3.63, 3.8) is 0 Å². The molecule has 0 amide bonds. The SMILES string of the molecule is CCCn1c(CC)nc2sc3ccccc3c(=O)c2c1=O. The second kappa shape index (κ2) is 5.41. The van der Waals surface area contributed by atoms with Crippen LogP contribution in [0.4, 0.5) is 0 Å². The number of benzene rings is 1. The van der Waals surface area contributed by atoms with Crippen LogP contribution in [-0.2, 0) is 13.0 Å². The van der Waals surface area contributed by atoms with E-state index in [9.17, 15) is 9.59 Å². The standard InChI is InChI=1S/C16H16N2O2S/c1-3-9-18-12(4-2)17-15-13(16(18)20)14(19)10-7-5-6-8-11(10)21-15/h5-8H,3-4,9H2,1-2H3. The van der Waals surface area contributed by atoms with Crippen molar-refractivity contribution in [3.8, 4) is 0 Å². The Morgan fingerprint density at radius 1 is 1.19 bits per heavy atom. The average molecular weight is 300 g/mol. The van der Waals surface area contributed by atoms with E-state index in [4.69, 9.17) is 0 Å². The quantitative estimate of drug-likeness (QED) is 0.699. The molecule has 2 heterocycles. The van der Waals surface area contributed by atoms with Crippen molar-refractivity contribution < 1.29 is 0 Å². The van der Waals surface area contributed by atoms with E-state index in [1.54, 1.807) is 10.6 Å². The number of hydrogen-bond donors (Lipinski definition) is 0. The highest BCUT2D eigenvalue weighted by molar-refractivity contribution is 7.24. The van der Waals surface area contributed by atoms with Gasteiger partial charge in [0.15, 0.2) is 0 Å². The average Bonchev–Trinajstić information content (AvgIpc) is 2.50. The third-order valence-corrected chi connectivity index (χ3v) is 4.61. The summed E-state index contributed by atoms with van der Waals surface area (Å²) in [6.45, 7) is 4.59. The largest absolute Gasteiger partial charge is 0.296 e. The summed E-state index contributed by atoms with van der Waals surface area (Å²) in [5.74, 6) is 0.750. The summed E-state index contributed by atoms with van der Waals surface area (Å²) < 4.78 is 2.52. The zero-order chi connectivity index (χ0) is 15.0. The van der Waals surface area contributed by atoms with Crippen molar-refractivity contribution in [2.24, 2.45) is 0 Å². The maximum atomic E-state index is 12.7. The lowest BCUT2D eigenvalue weighted by molar-refractivity contribution is 0.610. The molecule has 0 saturated carbocycles. The van der Waals surface area contributed by atoms with Gasteiger partial charge in [-0.25, -0.2) is 4.98 Å². The Morgan fingerprint density at radius 2 is 1.95 bits per heavy atom. The smallest absolute Gasteiger partial charge is 0.266 e. The van der Waals surface area contributed by atoms with Gasteiger partial charge in [-0.3, -0.25) is 14.2 Å². The molecule has 0 unspecified atom stereocenters. The Morgan fingerprint density at radius 3 is 2.67 bits per heavy atom. The van der Waals surface area contributed by atoms with Crippen LogP contribution in [0.1, 0.15) is 26.1 Å². The summed E-state index contributed by atoms with van der Waals surface area (Å²) in [5, 5.41) is 0.825. The van der Waals surface area contributed by atoms with Crippen molar-refractivity contribution in [1.29, 1.82) is 0 Å². The van der Waals surface area contributed by atoms with E-state index in [-0.39, 0.29) is 16.4 Å². The van der Waals surface area contributed by atoms with Gasteiger partial charge < -0.3 is 0 Å². The molecule has 0 saturated heterocycles. The first-order chi connectivity index (χ1) is 10.2. The van der Waals surface area contributed by atoms with Gasteiger partial charge in [-0.15, -0.1) is 11.3 Å². The van der Waals surface area contributed by atoms with Crippen LogP contribution in [-0.4, -0.2) is 9.55 Å². The molecular formula is C16H16N2O2S. The van der Waals surface area contributed by atoms with Crippen LogP contribution < -0.4 is 11.0 Å². The first-order valence-electron chi connectivity index (χ1n) is 7.12. The summed E-state index contributed by atoms with van der Waals surface area (Å²) in [4.78, 5) is 30.4. The molecule has 0 aliphatic carbocycles. The van der Waals surface area contributed by atoms with E-state index in [0.717, 1.165) is 16.9 Å². The second-order valence-electron chi connectivity index (χ2n) is 4.95. The summed E-state index contributed by atoms with van der Waals surface area (Å²) >= 11 is 1.41. The molecule has 0 bridgehead atoms. The number of nitrogens with zero attached hydrogens (tertiary/aromatic N) is 2. The second-order valence-corrected chi connectivity index (χ2v) is 5.98. The predicted molar refractivity (Wildman–Crippen MR) is 87.3 cm³/mol. The van der Waals surface area contributed by atoms with Crippen LogP contribution >= 0.6 is 11.3 Å². The van der Waals surface area contributed by atoms with Gasteiger partial charge in [0.25, 0.3) is 5.56 Å². The fourth-order valence-corrected chi connectivity index (χ4v) is 3.61. The lowest BCUT2D eigenvalue weighted by Crippen LogP contribution is -2.28. The van der Waals surface area contributed by atoms with E-state index in [1.165, 1.54) is 11.3 Å². The molecule has 0 N–H and O–H groups in total. The molecular weight excluding hydrogens is 284 g/mol. The van der Waals surface area contributed by atoms with Crippen LogP contribution in [0.15, 0.2) is 33.9 Å². The molecule has 0 aliphatic heterocycles. The van der Waals surface area contributed by atoms with E-state index in [0.29, 0.717) is 23.2 Å². The van der Waals surface area contributed by atoms with Gasteiger partial charge in [0.2, 0.25) is 5.43 Å². The van der Waals surface area contributed by atoms with Gasteiger partial charge in [-0.2, -0.15) is 0 Å². The Bertz CT molecular complexity index is 941. The van der Waals surface area contributed by atoms with Gasteiger partial charge >= 0.3 is 0 Å². The lowest BCUT2D eigenvalue weighted by atomic mass is 10.2. The topological polar surface area (TPSA) is 52.0 Å². The minimum absolute atomic E-state index is 0.203. The molecule has 0 aliphatic rings. The Kier molecular flexibility index (Phi) is 3.59. The summed E-state index contributed by atoms with van der Waals surface area (Å²) in [6, 6.07) is 7.38. The highest BCUT2D eigenvalue weighted by Crippen LogP contribution is 2.21. The fourth-order valence-electron chi connectivity index (χ4n) is 2.55. The molecule has 0 spiro atoms. The summed E-state index contributed by atoms with van der Waals surface area (Å²) in [7, 11) is 0. The van der Waals surface area contributed by atoms with Gasteiger partial charge in [-0.1, -0.05) is 26.0 Å². The van der Waals surface area contributed by atoms with Crippen molar-refractivity contribution in [2.45, 2.75) is 33.2 Å².